The van der Waals surface area contributed by atoms with E-state index in [-0.39, 0.29) is 18.1 Å². The molecule has 3 aliphatic rings. The highest BCUT2D eigenvalue weighted by atomic mass is 16.5. The van der Waals surface area contributed by atoms with Gasteiger partial charge in [0.2, 0.25) is 11.8 Å². The van der Waals surface area contributed by atoms with E-state index in [1.807, 2.05) is 23.2 Å². The molecule has 0 radical (unpaired) electrons. The van der Waals surface area contributed by atoms with E-state index in [9.17, 15) is 4.79 Å². The van der Waals surface area contributed by atoms with Gasteiger partial charge in [0.25, 0.3) is 0 Å². The lowest BCUT2D eigenvalue weighted by molar-refractivity contribution is -0.134. The lowest BCUT2D eigenvalue weighted by Gasteiger charge is -2.26. The number of hydrogen-bond acceptors (Lipinski definition) is 4. The van der Waals surface area contributed by atoms with Gasteiger partial charge in [0.05, 0.1) is 0 Å². The van der Waals surface area contributed by atoms with Gasteiger partial charge in [-0.2, -0.15) is 0 Å². The van der Waals surface area contributed by atoms with Gasteiger partial charge in [0, 0.05) is 50.9 Å². The van der Waals surface area contributed by atoms with Crippen LogP contribution in [0, 0.1) is 11.8 Å². The molecule has 2 heterocycles. The first-order valence-electron chi connectivity index (χ1n) is 12.5. The molecule has 1 aromatic heterocycles. The van der Waals surface area contributed by atoms with Gasteiger partial charge in [-0.05, 0) is 62.5 Å². The number of amides is 1. The van der Waals surface area contributed by atoms with Crippen molar-refractivity contribution in [2.75, 3.05) is 20.1 Å². The predicted octanol–water partition coefficient (Wildman–Crippen LogP) is 3.50. The summed E-state index contributed by atoms with van der Waals surface area (Å²) in [5.41, 5.74) is 1.12. The Kier molecular flexibility index (Phi) is 7.87. The topological polar surface area (TPSA) is 78.9 Å². The average Bonchev–Trinajstić information content (AvgIpc) is 3.51. The van der Waals surface area contributed by atoms with Crippen LogP contribution in [-0.2, 0) is 11.3 Å². The van der Waals surface area contributed by atoms with Crippen molar-refractivity contribution in [1.29, 1.82) is 0 Å². The Morgan fingerprint density at radius 2 is 1.97 bits per heavy atom. The summed E-state index contributed by atoms with van der Waals surface area (Å²) in [7, 11) is 1.79. The fourth-order valence-electron chi connectivity index (χ4n) is 5.23. The molecule has 176 valence electrons. The van der Waals surface area contributed by atoms with E-state index in [2.05, 4.69) is 27.5 Å². The molecular formula is C25H39N5O2. The number of nitrogens with zero attached hydrogens (tertiary/aromatic N) is 3. The Morgan fingerprint density at radius 3 is 2.72 bits per heavy atom. The zero-order valence-electron chi connectivity index (χ0n) is 19.7. The van der Waals surface area contributed by atoms with Crippen LogP contribution in [-0.4, -0.2) is 54.0 Å². The molecule has 1 amide bonds. The van der Waals surface area contributed by atoms with E-state index >= 15 is 0 Å². The van der Waals surface area contributed by atoms with Crippen molar-refractivity contribution in [2.45, 2.75) is 83.4 Å². The molecule has 2 N–H and O–H groups in total. The van der Waals surface area contributed by atoms with Crippen LogP contribution in [0.3, 0.4) is 0 Å². The number of carbonyl (C=O) groups excluding carboxylic acids is 1. The van der Waals surface area contributed by atoms with Crippen LogP contribution in [0.5, 0.6) is 5.88 Å². The normalized spacial score (nSPS) is 26.9. The Bertz CT molecular complexity index is 784. The third kappa shape index (κ3) is 6.14. The molecule has 7 heteroatoms. The minimum Gasteiger partial charge on any atom is -0.474 e. The van der Waals surface area contributed by atoms with E-state index in [4.69, 9.17) is 4.74 Å². The first kappa shape index (κ1) is 22.9. The zero-order chi connectivity index (χ0) is 22.3. The summed E-state index contributed by atoms with van der Waals surface area (Å²) < 4.78 is 6.14. The van der Waals surface area contributed by atoms with Crippen LogP contribution in [0.2, 0.25) is 0 Å². The highest BCUT2D eigenvalue weighted by molar-refractivity contribution is 5.81. The third-order valence-corrected chi connectivity index (χ3v) is 7.28. The molecular weight excluding hydrogens is 402 g/mol. The monoisotopic (exact) mass is 441 g/mol. The second-order valence-electron chi connectivity index (χ2n) is 9.82. The van der Waals surface area contributed by atoms with E-state index in [1.165, 1.54) is 25.7 Å². The number of nitrogens with one attached hydrogen (secondary N) is 2. The van der Waals surface area contributed by atoms with Crippen LogP contribution in [0.15, 0.2) is 23.3 Å². The number of pyridine rings is 1. The van der Waals surface area contributed by atoms with Gasteiger partial charge in [0.15, 0.2) is 5.96 Å². The summed E-state index contributed by atoms with van der Waals surface area (Å²) in [5.74, 6) is 2.90. The molecule has 2 saturated carbocycles. The van der Waals surface area contributed by atoms with E-state index in [1.54, 1.807) is 7.05 Å². The Labute approximate surface area is 192 Å². The predicted molar refractivity (Wildman–Crippen MR) is 127 cm³/mol. The molecule has 1 unspecified atom stereocenters. The smallest absolute Gasteiger partial charge is 0.225 e. The number of hydrogen-bond donors (Lipinski definition) is 2. The summed E-state index contributed by atoms with van der Waals surface area (Å²) >= 11 is 0. The van der Waals surface area contributed by atoms with Crippen LogP contribution in [0.25, 0.3) is 0 Å². The van der Waals surface area contributed by atoms with E-state index < -0.39 is 0 Å². The van der Waals surface area contributed by atoms with Crippen molar-refractivity contribution < 1.29 is 9.53 Å². The zero-order valence-corrected chi connectivity index (χ0v) is 19.7. The first-order valence-corrected chi connectivity index (χ1v) is 12.5. The lowest BCUT2D eigenvalue weighted by Crippen LogP contribution is -2.45. The number of guanidine groups is 1. The highest BCUT2D eigenvalue weighted by Gasteiger charge is 2.32. The minimum atomic E-state index is 0.247. The molecule has 0 spiro atoms. The summed E-state index contributed by atoms with van der Waals surface area (Å²) in [6, 6.07) is 4.28. The van der Waals surface area contributed by atoms with Crippen molar-refractivity contribution in [1.82, 2.24) is 20.5 Å². The summed E-state index contributed by atoms with van der Waals surface area (Å²) in [5, 5.41) is 6.89. The van der Waals surface area contributed by atoms with E-state index in [0.717, 1.165) is 62.6 Å². The maximum absolute atomic E-state index is 12.7. The van der Waals surface area contributed by atoms with Crippen LogP contribution >= 0.6 is 0 Å². The van der Waals surface area contributed by atoms with Gasteiger partial charge in [-0.1, -0.05) is 19.8 Å². The molecule has 1 saturated heterocycles. The molecule has 7 nitrogen and oxygen atoms in total. The first-order chi connectivity index (χ1) is 15.6. The maximum atomic E-state index is 12.7. The number of rotatable bonds is 6. The molecule has 1 atom stereocenters. The summed E-state index contributed by atoms with van der Waals surface area (Å²) in [4.78, 5) is 23.5. The second kappa shape index (κ2) is 11.0. The van der Waals surface area contributed by atoms with Crippen molar-refractivity contribution in [2.24, 2.45) is 16.8 Å². The standard InChI is InChI=1S/C25H39N5O2/c1-18-7-9-22(10-8-18)32-23-15-19(11-13-27-23)16-28-25(26-2)29-21-12-14-30(17-21)24(31)20-5-3-4-6-20/h11,13,15,18,20-22H,3-10,12,14,16-17H2,1-2H3,(H2,26,28,29). The minimum absolute atomic E-state index is 0.247. The SMILES string of the molecule is CN=C(NCc1ccnc(OC2CCC(C)CC2)c1)NC1CCN(C(=O)C2CCCC2)C1. The quantitative estimate of drug-likeness (QED) is 0.522. The summed E-state index contributed by atoms with van der Waals surface area (Å²) in [6.45, 7) is 4.58. The van der Waals surface area contributed by atoms with Crippen molar-refractivity contribution in [3.05, 3.63) is 23.9 Å². The molecule has 1 aromatic rings. The second-order valence-corrected chi connectivity index (χ2v) is 9.82. The Morgan fingerprint density at radius 1 is 1.19 bits per heavy atom. The van der Waals surface area contributed by atoms with Gasteiger partial charge in [-0.3, -0.25) is 9.79 Å². The highest BCUT2D eigenvalue weighted by Crippen LogP contribution is 2.28. The largest absolute Gasteiger partial charge is 0.474 e. The van der Waals surface area contributed by atoms with E-state index in [0.29, 0.717) is 18.3 Å². The number of aromatic nitrogens is 1. The molecule has 0 aromatic carbocycles. The fourth-order valence-corrected chi connectivity index (χ4v) is 5.23. The van der Waals surface area contributed by atoms with Crippen LogP contribution < -0.4 is 15.4 Å². The molecule has 4 rings (SSSR count). The molecule has 1 aliphatic heterocycles. The summed E-state index contributed by atoms with van der Waals surface area (Å²) in [6.07, 6.45) is 12.3. The number of ether oxygens (including phenoxy) is 1. The fraction of sp³-hybridized carbons (Fsp3) is 0.720. The van der Waals surface area contributed by atoms with Crippen LogP contribution in [0.4, 0.5) is 0 Å². The van der Waals surface area contributed by atoms with Crippen molar-refractivity contribution in [3.63, 3.8) is 0 Å². The van der Waals surface area contributed by atoms with Gasteiger partial charge >= 0.3 is 0 Å². The number of likely N-dealkylation sites (tertiary alicyclic amines) is 1. The van der Waals surface area contributed by atoms with Gasteiger partial charge in [0.1, 0.15) is 6.10 Å². The number of carbonyl (C=O) groups is 1. The van der Waals surface area contributed by atoms with Crippen molar-refractivity contribution >= 4 is 11.9 Å². The third-order valence-electron chi connectivity index (χ3n) is 7.28. The molecule has 3 fully saturated rings. The average molecular weight is 442 g/mol. The Balaban J connectivity index is 1.23. The van der Waals surface area contributed by atoms with Gasteiger partial charge in [-0.25, -0.2) is 4.98 Å². The lowest BCUT2D eigenvalue weighted by atomic mass is 9.89. The van der Waals surface area contributed by atoms with Crippen LogP contribution in [0.1, 0.15) is 70.3 Å². The van der Waals surface area contributed by atoms with Gasteiger partial charge in [-0.15, -0.1) is 0 Å². The molecule has 2 aliphatic carbocycles. The molecule has 32 heavy (non-hydrogen) atoms. The maximum Gasteiger partial charge on any atom is 0.225 e. The molecule has 0 bridgehead atoms. The van der Waals surface area contributed by atoms with Gasteiger partial charge < -0.3 is 20.3 Å². The van der Waals surface area contributed by atoms with Crippen molar-refractivity contribution in [3.8, 4) is 5.88 Å². The Hall–Kier alpha value is -2.31. The number of aliphatic imine (C=N–C) groups is 1.